The van der Waals surface area contributed by atoms with Crippen molar-refractivity contribution in [3.63, 3.8) is 0 Å². The van der Waals surface area contributed by atoms with E-state index in [1.54, 1.807) is 0 Å². The second kappa shape index (κ2) is 5.66. The van der Waals surface area contributed by atoms with Crippen LogP contribution in [-0.2, 0) is 0 Å². The number of halogens is 1. The lowest BCUT2D eigenvalue weighted by atomic mass is 9.77. The molecule has 1 aromatic rings. The molecule has 0 bridgehead atoms. The maximum atomic E-state index is 12.8. The van der Waals surface area contributed by atoms with E-state index in [0.29, 0.717) is 12.4 Å². The van der Waals surface area contributed by atoms with E-state index < -0.39 is 0 Å². The van der Waals surface area contributed by atoms with Gasteiger partial charge in [0.2, 0.25) is 0 Å². The molecule has 0 N–H and O–H groups in total. The van der Waals surface area contributed by atoms with Crippen LogP contribution in [0.3, 0.4) is 0 Å². The minimum absolute atomic E-state index is 0.100. The van der Waals surface area contributed by atoms with Crippen molar-refractivity contribution in [1.82, 2.24) is 0 Å². The molecule has 1 atom stereocenters. The SMILES string of the molecule is CCOc1ccc(Br)cc1C(=O)C1CCCC1(C)C. The van der Waals surface area contributed by atoms with E-state index >= 15 is 0 Å². The fraction of sp³-hybridized carbons (Fsp3) is 0.562. The number of benzene rings is 1. The topological polar surface area (TPSA) is 26.3 Å². The largest absolute Gasteiger partial charge is 0.493 e. The summed E-state index contributed by atoms with van der Waals surface area (Å²) in [6, 6.07) is 5.69. The Kier molecular flexibility index (Phi) is 4.34. The average Bonchev–Trinajstić information content (AvgIpc) is 2.70. The van der Waals surface area contributed by atoms with E-state index in [-0.39, 0.29) is 17.1 Å². The van der Waals surface area contributed by atoms with Crippen molar-refractivity contribution in [2.75, 3.05) is 6.61 Å². The summed E-state index contributed by atoms with van der Waals surface area (Å²) in [4.78, 5) is 12.8. The van der Waals surface area contributed by atoms with Crippen LogP contribution in [0.25, 0.3) is 0 Å². The zero-order valence-corrected chi connectivity index (χ0v) is 13.4. The molecular weight excluding hydrogens is 304 g/mol. The van der Waals surface area contributed by atoms with Gasteiger partial charge in [0, 0.05) is 10.4 Å². The third kappa shape index (κ3) is 3.02. The summed E-state index contributed by atoms with van der Waals surface area (Å²) in [7, 11) is 0. The summed E-state index contributed by atoms with van der Waals surface area (Å²) in [5, 5.41) is 0. The molecule has 1 aromatic carbocycles. The lowest BCUT2D eigenvalue weighted by molar-refractivity contribution is 0.0835. The van der Waals surface area contributed by atoms with Gasteiger partial charge < -0.3 is 4.74 Å². The van der Waals surface area contributed by atoms with E-state index in [1.807, 2.05) is 25.1 Å². The molecule has 104 valence electrons. The molecule has 2 nitrogen and oxygen atoms in total. The summed E-state index contributed by atoms with van der Waals surface area (Å²) in [6.07, 6.45) is 3.26. The number of hydrogen-bond acceptors (Lipinski definition) is 2. The van der Waals surface area contributed by atoms with E-state index in [4.69, 9.17) is 4.74 Å². The molecule has 2 rings (SSSR count). The molecule has 0 spiro atoms. The van der Waals surface area contributed by atoms with E-state index in [0.717, 1.165) is 29.3 Å². The van der Waals surface area contributed by atoms with Crippen LogP contribution in [0.1, 0.15) is 50.4 Å². The fourth-order valence-corrected chi connectivity index (χ4v) is 3.34. The van der Waals surface area contributed by atoms with Crippen LogP contribution >= 0.6 is 15.9 Å². The van der Waals surface area contributed by atoms with Gasteiger partial charge in [0.1, 0.15) is 5.75 Å². The van der Waals surface area contributed by atoms with Gasteiger partial charge in [0.05, 0.1) is 12.2 Å². The standard InChI is InChI=1S/C16H21BrO2/c1-4-19-14-8-7-11(17)10-12(14)15(18)13-6-5-9-16(13,2)3/h7-8,10,13H,4-6,9H2,1-3H3. The van der Waals surface area contributed by atoms with Crippen LogP contribution in [-0.4, -0.2) is 12.4 Å². The Morgan fingerprint density at radius 1 is 1.47 bits per heavy atom. The molecule has 1 saturated carbocycles. The molecule has 0 aromatic heterocycles. The smallest absolute Gasteiger partial charge is 0.170 e. The number of rotatable bonds is 4. The highest BCUT2D eigenvalue weighted by molar-refractivity contribution is 9.10. The van der Waals surface area contributed by atoms with E-state index in [2.05, 4.69) is 29.8 Å². The van der Waals surface area contributed by atoms with Gasteiger partial charge in [0.25, 0.3) is 0 Å². The summed E-state index contributed by atoms with van der Waals surface area (Å²) in [6.45, 7) is 6.91. The molecule has 0 aliphatic heterocycles. The Labute approximate surface area is 123 Å². The zero-order chi connectivity index (χ0) is 14.0. The number of Topliss-reactive ketones (excluding diaryl/α,β-unsaturated/α-hetero) is 1. The lowest BCUT2D eigenvalue weighted by Gasteiger charge is -2.26. The number of ketones is 1. The maximum Gasteiger partial charge on any atom is 0.170 e. The molecular formula is C16H21BrO2. The van der Waals surface area contributed by atoms with Crippen molar-refractivity contribution in [3.05, 3.63) is 28.2 Å². The highest BCUT2D eigenvalue weighted by Gasteiger charge is 2.40. The van der Waals surface area contributed by atoms with E-state index in [9.17, 15) is 4.79 Å². The Balaban J connectivity index is 2.35. The molecule has 0 amide bonds. The van der Waals surface area contributed by atoms with Crippen molar-refractivity contribution in [1.29, 1.82) is 0 Å². The quantitative estimate of drug-likeness (QED) is 0.739. The Hall–Kier alpha value is -0.830. The number of ether oxygens (including phenoxy) is 1. The molecule has 0 heterocycles. The summed E-state index contributed by atoms with van der Waals surface area (Å²) < 4.78 is 6.53. The average molecular weight is 325 g/mol. The van der Waals surface area contributed by atoms with Gasteiger partial charge in [-0.3, -0.25) is 4.79 Å². The van der Waals surface area contributed by atoms with Crippen molar-refractivity contribution in [2.45, 2.75) is 40.0 Å². The van der Waals surface area contributed by atoms with Crippen LogP contribution in [0.2, 0.25) is 0 Å². The molecule has 1 aliphatic carbocycles. The first-order valence-electron chi connectivity index (χ1n) is 6.92. The third-order valence-corrected chi connectivity index (χ3v) is 4.57. The van der Waals surface area contributed by atoms with Crippen molar-refractivity contribution in [2.24, 2.45) is 11.3 Å². The Morgan fingerprint density at radius 3 is 2.79 bits per heavy atom. The fourth-order valence-electron chi connectivity index (χ4n) is 2.98. The number of carbonyl (C=O) groups is 1. The zero-order valence-electron chi connectivity index (χ0n) is 11.8. The molecule has 0 saturated heterocycles. The molecule has 1 unspecified atom stereocenters. The second-order valence-electron chi connectivity index (χ2n) is 5.87. The summed E-state index contributed by atoms with van der Waals surface area (Å²) in [5.74, 6) is 1.05. The first-order chi connectivity index (χ1) is 8.95. The van der Waals surface area contributed by atoms with Gasteiger partial charge in [0.15, 0.2) is 5.78 Å². The first-order valence-corrected chi connectivity index (χ1v) is 7.71. The van der Waals surface area contributed by atoms with Crippen molar-refractivity contribution < 1.29 is 9.53 Å². The predicted molar refractivity (Wildman–Crippen MR) is 80.8 cm³/mol. The minimum Gasteiger partial charge on any atom is -0.493 e. The third-order valence-electron chi connectivity index (χ3n) is 4.08. The molecule has 19 heavy (non-hydrogen) atoms. The lowest BCUT2D eigenvalue weighted by Crippen LogP contribution is -2.26. The van der Waals surface area contributed by atoms with Crippen LogP contribution in [0.15, 0.2) is 22.7 Å². The monoisotopic (exact) mass is 324 g/mol. The second-order valence-corrected chi connectivity index (χ2v) is 6.79. The van der Waals surface area contributed by atoms with Gasteiger partial charge in [-0.1, -0.05) is 36.2 Å². The number of hydrogen-bond donors (Lipinski definition) is 0. The van der Waals surface area contributed by atoms with Gasteiger partial charge in [-0.2, -0.15) is 0 Å². The molecule has 1 aliphatic rings. The van der Waals surface area contributed by atoms with Gasteiger partial charge in [-0.05, 0) is 43.4 Å². The Morgan fingerprint density at radius 2 is 2.21 bits per heavy atom. The molecule has 1 fully saturated rings. The van der Waals surface area contributed by atoms with Crippen molar-refractivity contribution in [3.8, 4) is 5.75 Å². The van der Waals surface area contributed by atoms with Gasteiger partial charge in [-0.15, -0.1) is 0 Å². The minimum atomic E-state index is 0.100. The molecule has 0 radical (unpaired) electrons. The van der Waals surface area contributed by atoms with E-state index in [1.165, 1.54) is 0 Å². The van der Waals surface area contributed by atoms with Crippen LogP contribution in [0.4, 0.5) is 0 Å². The first kappa shape index (κ1) is 14.6. The van der Waals surface area contributed by atoms with Crippen LogP contribution in [0.5, 0.6) is 5.75 Å². The predicted octanol–water partition coefficient (Wildman–Crippen LogP) is 4.86. The van der Waals surface area contributed by atoms with Gasteiger partial charge >= 0.3 is 0 Å². The maximum absolute atomic E-state index is 12.8. The van der Waals surface area contributed by atoms with Gasteiger partial charge in [-0.25, -0.2) is 0 Å². The Bertz CT molecular complexity index is 480. The normalized spacial score (nSPS) is 21.4. The molecule has 3 heteroatoms. The highest BCUT2D eigenvalue weighted by atomic mass is 79.9. The summed E-state index contributed by atoms with van der Waals surface area (Å²) in [5.41, 5.74) is 0.819. The van der Waals surface area contributed by atoms with Crippen molar-refractivity contribution >= 4 is 21.7 Å². The van der Waals surface area contributed by atoms with Crippen LogP contribution < -0.4 is 4.74 Å². The highest BCUT2D eigenvalue weighted by Crippen LogP contribution is 2.45. The van der Waals surface area contributed by atoms with Crippen LogP contribution in [0, 0.1) is 11.3 Å². The summed E-state index contributed by atoms with van der Waals surface area (Å²) >= 11 is 3.45. The number of carbonyl (C=O) groups excluding carboxylic acids is 1.